The van der Waals surface area contributed by atoms with Crippen LogP contribution in [0.5, 0.6) is 0 Å². The molecular formula is C20H17N3O4. The van der Waals surface area contributed by atoms with E-state index in [0.717, 1.165) is 16.5 Å². The van der Waals surface area contributed by atoms with Crippen LogP contribution in [0.4, 0.5) is 5.69 Å². The molecule has 0 aliphatic rings. The van der Waals surface area contributed by atoms with Crippen molar-refractivity contribution in [3.05, 3.63) is 75.0 Å². The van der Waals surface area contributed by atoms with Crippen LogP contribution in [-0.2, 0) is 18.4 Å². The standard InChI is InChI=1S/C20H17N3O4/c1-12-9-19(25)27-17-10-13(7-8-14(12)17)21-18(24)11-23-16-6-4-3-5-15(16)22(2)20(23)26/h3-10H,11H2,1-2H3,(H,21,24). The number of imidazole rings is 1. The van der Waals surface area contributed by atoms with E-state index in [-0.39, 0.29) is 18.1 Å². The highest BCUT2D eigenvalue weighted by atomic mass is 16.4. The average Bonchev–Trinajstić information content (AvgIpc) is 2.86. The van der Waals surface area contributed by atoms with Crippen LogP contribution in [-0.4, -0.2) is 15.0 Å². The van der Waals surface area contributed by atoms with Crippen LogP contribution in [0.25, 0.3) is 22.0 Å². The highest BCUT2D eigenvalue weighted by Gasteiger charge is 2.13. The van der Waals surface area contributed by atoms with Crippen LogP contribution in [0.2, 0.25) is 0 Å². The normalized spacial score (nSPS) is 11.2. The van der Waals surface area contributed by atoms with Gasteiger partial charge in [0.1, 0.15) is 12.1 Å². The first-order chi connectivity index (χ1) is 12.9. The van der Waals surface area contributed by atoms with Gasteiger partial charge in [-0.2, -0.15) is 0 Å². The minimum Gasteiger partial charge on any atom is -0.423 e. The molecule has 0 spiro atoms. The predicted octanol–water partition coefficient (Wildman–Crippen LogP) is 2.39. The van der Waals surface area contributed by atoms with E-state index in [0.29, 0.717) is 16.8 Å². The summed E-state index contributed by atoms with van der Waals surface area (Å²) in [5.74, 6) is -0.345. The van der Waals surface area contributed by atoms with Gasteiger partial charge in [0, 0.05) is 30.3 Å². The van der Waals surface area contributed by atoms with Crippen LogP contribution < -0.4 is 16.6 Å². The molecule has 0 bridgehead atoms. The second-order valence-corrected chi connectivity index (χ2v) is 6.42. The summed E-state index contributed by atoms with van der Waals surface area (Å²) < 4.78 is 8.13. The quantitative estimate of drug-likeness (QED) is 0.566. The number of hydrogen-bond acceptors (Lipinski definition) is 4. The van der Waals surface area contributed by atoms with Gasteiger partial charge in [0.15, 0.2) is 0 Å². The summed E-state index contributed by atoms with van der Waals surface area (Å²) in [5, 5.41) is 3.56. The molecule has 27 heavy (non-hydrogen) atoms. The monoisotopic (exact) mass is 363 g/mol. The number of nitrogens with zero attached hydrogens (tertiary/aromatic N) is 2. The van der Waals surface area contributed by atoms with Crippen molar-refractivity contribution in [3.63, 3.8) is 0 Å². The number of benzene rings is 2. The van der Waals surface area contributed by atoms with Gasteiger partial charge in [-0.3, -0.25) is 13.9 Å². The number of aromatic nitrogens is 2. The fourth-order valence-electron chi connectivity index (χ4n) is 3.26. The number of carbonyl (C=O) groups excluding carboxylic acids is 1. The Balaban J connectivity index is 1.64. The van der Waals surface area contributed by atoms with Crippen molar-refractivity contribution in [1.29, 1.82) is 0 Å². The number of carbonyl (C=O) groups is 1. The molecule has 2 aromatic carbocycles. The molecule has 0 saturated heterocycles. The number of para-hydroxylation sites is 2. The summed E-state index contributed by atoms with van der Waals surface area (Å²) in [6, 6.07) is 13.9. The molecule has 4 aromatic rings. The summed E-state index contributed by atoms with van der Waals surface area (Å²) in [4.78, 5) is 36.5. The van der Waals surface area contributed by atoms with Gasteiger partial charge in [-0.05, 0) is 36.8 Å². The number of anilines is 1. The molecule has 2 heterocycles. The topological polar surface area (TPSA) is 86.2 Å². The molecule has 0 unspecified atom stereocenters. The second kappa shape index (κ2) is 6.28. The predicted molar refractivity (Wildman–Crippen MR) is 103 cm³/mol. The highest BCUT2D eigenvalue weighted by Crippen LogP contribution is 2.21. The molecule has 1 N–H and O–H groups in total. The van der Waals surface area contributed by atoms with Crippen molar-refractivity contribution >= 4 is 33.6 Å². The molecule has 2 aromatic heterocycles. The Morgan fingerprint density at radius 1 is 1.07 bits per heavy atom. The summed E-state index contributed by atoms with van der Waals surface area (Å²) in [6.45, 7) is 1.71. The molecule has 0 atom stereocenters. The van der Waals surface area contributed by atoms with E-state index >= 15 is 0 Å². The van der Waals surface area contributed by atoms with E-state index in [1.807, 2.05) is 25.1 Å². The number of nitrogens with one attached hydrogen (secondary N) is 1. The lowest BCUT2D eigenvalue weighted by molar-refractivity contribution is -0.116. The Hall–Kier alpha value is -3.61. The van der Waals surface area contributed by atoms with Crippen LogP contribution in [0.1, 0.15) is 5.56 Å². The van der Waals surface area contributed by atoms with Gasteiger partial charge in [0.25, 0.3) is 0 Å². The minimum absolute atomic E-state index is 0.115. The summed E-state index contributed by atoms with van der Waals surface area (Å²) in [5.41, 5.74) is 2.46. The second-order valence-electron chi connectivity index (χ2n) is 6.42. The summed E-state index contributed by atoms with van der Waals surface area (Å²) >= 11 is 0. The van der Waals surface area contributed by atoms with E-state index < -0.39 is 5.63 Å². The van der Waals surface area contributed by atoms with E-state index in [9.17, 15) is 14.4 Å². The maximum absolute atomic E-state index is 12.5. The first kappa shape index (κ1) is 16.8. The lowest BCUT2D eigenvalue weighted by Gasteiger charge is -2.08. The third kappa shape index (κ3) is 2.93. The largest absolute Gasteiger partial charge is 0.423 e. The van der Waals surface area contributed by atoms with Gasteiger partial charge in [-0.25, -0.2) is 9.59 Å². The van der Waals surface area contributed by atoms with Crippen molar-refractivity contribution in [2.75, 3.05) is 5.32 Å². The third-order valence-corrected chi connectivity index (χ3v) is 4.59. The van der Waals surface area contributed by atoms with Gasteiger partial charge >= 0.3 is 11.3 Å². The fourth-order valence-corrected chi connectivity index (χ4v) is 3.26. The van der Waals surface area contributed by atoms with Crippen LogP contribution in [0.15, 0.2) is 62.5 Å². The summed E-state index contributed by atoms with van der Waals surface area (Å²) in [7, 11) is 1.67. The minimum atomic E-state index is -0.439. The fraction of sp³-hybridized carbons (Fsp3) is 0.150. The third-order valence-electron chi connectivity index (χ3n) is 4.59. The van der Waals surface area contributed by atoms with Crippen molar-refractivity contribution in [3.8, 4) is 0 Å². The molecule has 0 aliphatic heterocycles. The van der Waals surface area contributed by atoms with Crippen molar-refractivity contribution < 1.29 is 9.21 Å². The van der Waals surface area contributed by atoms with Crippen molar-refractivity contribution in [2.45, 2.75) is 13.5 Å². The van der Waals surface area contributed by atoms with E-state index in [4.69, 9.17) is 4.42 Å². The number of aryl methyl sites for hydroxylation is 2. The first-order valence-electron chi connectivity index (χ1n) is 8.42. The number of hydrogen-bond donors (Lipinski definition) is 1. The zero-order valence-electron chi connectivity index (χ0n) is 14.9. The Bertz CT molecular complexity index is 1310. The Morgan fingerprint density at radius 3 is 2.59 bits per heavy atom. The number of rotatable bonds is 3. The SMILES string of the molecule is Cc1cc(=O)oc2cc(NC(=O)Cn3c(=O)n(C)c4ccccc43)ccc12. The van der Waals surface area contributed by atoms with Crippen LogP contribution in [0, 0.1) is 6.92 Å². The molecule has 1 amide bonds. The molecule has 0 saturated carbocycles. The van der Waals surface area contributed by atoms with Crippen molar-refractivity contribution in [1.82, 2.24) is 9.13 Å². The Kier molecular flexibility index (Phi) is 3.92. The average molecular weight is 363 g/mol. The lowest BCUT2D eigenvalue weighted by Crippen LogP contribution is -2.28. The molecular weight excluding hydrogens is 346 g/mol. The molecule has 0 aliphatic carbocycles. The van der Waals surface area contributed by atoms with Crippen LogP contribution in [0.3, 0.4) is 0 Å². The molecule has 136 valence electrons. The number of amides is 1. The number of fused-ring (bicyclic) bond motifs is 2. The molecule has 0 radical (unpaired) electrons. The van der Waals surface area contributed by atoms with Gasteiger partial charge in [0.05, 0.1) is 11.0 Å². The Morgan fingerprint density at radius 2 is 1.81 bits per heavy atom. The Labute approximate surface area is 153 Å². The van der Waals surface area contributed by atoms with Gasteiger partial charge < -0.3 is 9.73 Å². The van der Waals surface area contributed by atoms with Gasteiger partial charge in [-0.1, -0.05) is 12.1 Å². The molecule has 7 nitrogen and oxygen atoms in total. The van der Waals surface area contributed by atoms with Crippen LogP contribution >= 0.6 is 0 Å². The highest BCUT2D eigenvalue weighted by molar-refractivity contribution is 5.94. The van der Waals surface area contributed by atoms with E-state index in [1.54, 1.807) is 31.3 Å². The van der Waals surface area contributed by atoms with Gasteiger partial charge in [-0.15, -0.1) is 0 Å². The van der Waals surface area contributed by atoms with E-state index in [1.165, 1.54) is 15.2 Å². The molecule has 4 rings (SSSR count). The maximum Gasteiger partial charge on any atom is 0.336 e. The van der Waals surface area contributed by atoms with E-state index in [2.05, 4.69) is 5.32 Å². The van der Waals surface area contributed by atoms with Gasteiger partial charge in [0.2, 0.25) is 5.91 Å². The first-order valence-corrected chi connectivity index (χ1v) is 8.42. The molecule has 7 heteroatoms. The smallest absolute Gasteiger partial charge is 0.336 e. The zero-order chi connectivity index (χ0) is 19.1. The molecule has 0 fully saturated rings. The lowest BCUT2D eigenvalue weighted by atomic mass is 10.1. The maximum atomic E-state index is 12.5. The summed E-state index contributed by atoms with van der Waals surface area (Å²) in [6.07, 6.45) is 0. The zero-order valence-corrected chi connectivity index (χ0v) is 14.9. The van der Waals surface area contributed by atoms with Crippen molar-refractivity contribution in [2.24, 2.45) is 7.05 Å².